The molecule has 0 heterocycles. The van der Waals surface area contributed by atoms with Gasteiger partial charge in [0.15, 0.2) is 0 Å². The molecule has 0 bridgehead atoms. The highest BCUT2D eigenvalue weighted by Crippen LogP contribution is 2.19. The average molecular weight is 255 g/mol. The van der Waals surface area contributed by atoms with Crippen molar-refractivity contribution >= 4 is 6.09 Å². The van der Waals surface area contributed by atoms with Crippen molar-refractivity contribution in [3.05, 3.63) is 60.2 Å². The van der Waals surface area contributed by atoms with E-state index in [-0.39, 0.29) is 6.10 Å². The van der Waals surface area contributed by atoms with E-state index in [0.717, 1.165) is 5.56 Å². The van der Waals surface area contributed by atoms with Gasteiger partial charge in [-0.25, -0.2) is 4.79 Å². The van der Waals surface area contributed by atoms with Gasteiger partial charge in [0.1, 0.15) is 6.10 Å². The Balaban J connectivity index is 2.05. The molecule has 0 aliphatic carbocycles. The Hall–Kier alpha value is -2.29. The Morgan fingerprint density at radius 3 is 2.21 bits per heavy atom. The molecule has 0 radical (unpaired) electrons. The first kappa shape index (κ1) is 13.1. The van der Waals surface area contributed by atoms with Crippen LogP contribution in [0.25, 0.3) is 11.1 Å². The van der Waals surface area contributed by atoms with Gasteiger partial charge in [-0.2, -0.15) is 0 Å². The van der Waals surface area contributed by atoms with E-state index >= 15 is 0 Å². The first-order valence-electron chi connectivity index (χ1n) is 6.25. The van der Waals surface area contributed by atoms with Gasteiger partial charge in [-0.05, 0) is 23.6 Å². The fourth-order valence-electron chi connectivity index (χ4n) is 2.04. The molecule has 3 nitrogen and oxygen atoms in total. The van der Waals surface area contributed by atoms with Crippen LogP contribution in [0.1, 0.15) is 12.5 Å². The second kappa shape index (κ2) is 6.05. The summed E-state index contributed by atoms with van der Waals surface area (Å²) in [5.74, 6) is 0. The SMILES string of the molecule is CC(Cc1ccc(-c2ccccc2)cc1)OC(N)=O. The molecule has 1 amide bonds. The summed E-state index contributed by atoms with van der Waals surface area (Å²) in [5, 5.41) is 0. The summed E-state index contributed by atoms with van der Waals surface area (Å²) < 4.78 is 4.91. The maximum atomic E-state index is 10.6. The van der Waals surface area contributed by atoms with E-state index in [2.05, 4.69) is 24.3 Å². The lowest BCUT2D eigenvalue weighted by molar-refractivity contribution is 0.116. The molecule has 2 aromatic rings. The second-order valence-electron chi connectivity index (χ2n) is 4.51. The zero-order valence-electron chi connectivity index (χ0n) is 10.9. The minimum Gasteiger partial charge on any atom is -0.446 e. The summed E-state index contributed by atoms with van der Waals surface area (Å²) in [6.07, 6.45) is -0.272. The van der Waals surface area contributed by atoms with Crippen LogP contribution < -0.4 is 5.73 Å². The zero-order valence-corrected chi connectivity index (χ0v) is 10.9. The lowest BCUT2D eigenvalue weighted by Gasteiger charge is -2.11. The molecule has 19 heavy (non-hydrogen) atoms. The van der Waals surface area contributed by atoms with Crippen molar-refractivity contribution < 1.29 is 9.53 Å². The van der Waals surface area contributed by atoms with Crippen LogP contribution in [0.3, 0.4) is 0 Å². The lowest BCUT2D eigenvalue weighted by atomic mass is 10.0. The van der Waals surface area contributed by atoms with Crippen LogP contribution in [0.15, 0.2) is 54.6 Å². The number of primary amides is 1. The number of amides is 1. The third-order valence-corrected chi connectivity index (χ3v) is 2.90. The number of carbonyl (C=O) groups is 1. The predicted octanol–water partition coefficient (Wildman–Crippen LogP) is 3.38. The minimum absolute atomic E-state index is 0.208. The van der Waals surface area contributed by atoms with Gasteiger partial charge in [0.05, 0.1) is 0 Å². The average Bonchev–Trinajstić information content (AvgIpc) is 2.39. The van der Waals surface area contributed by atoms with Crippen molar-refractivity contribution in [2.75, 3.05) is 0 Å². The molecule has 1 atom stereocenters. The van der Waals surface area contributed by atoms with Crippen molar-refractivity contribution in [1.29, 1.82) is 0 Å². The van der Waals surface area contributed by atoms with Crippen molar-refractivity contribution in [1.82, 2.24) is 0 Å². The van der Waals surface area contributed by atoms with Crippen LogP contribution in [0.4, 0.5) is 4.79 Å². The molecule has 0 spiro atoms. The molecule has 0 fully saturated rings. The van der Waals surface area contributed by atoms with E-state index in [4.69, 9.17) is 10.5 Å². The largest absolute Gasteiger partial charge is 0.446 e. The van der Waals surface area contributed by atoms with Gasteiger partial charge in [0.2, 0.25) is 0 Å². The number of hydrogen-bond donors (Lipinski definition) is 1. The van der Waals surface area contributed by atoms with E-state index < -0.39 is 6.09 Å². The first-order chi connectivity index (χ1) is 9.15. The molecule has 2 rings (SSSR count). The Morgan fingerprint density at radius 1 is 1.05 bits per heavy atom. The normalized spacial score (nSPS) is 11.8. The summed E-state index contributed by atoms with van der Waals surface area (Å²) in [6, 6.07) is 18.4. The summed E-state index contributed by atoms with van der Waals surface area (Å²) >= 11 is 0. The molecular weight excluding hydrogens is 238 g/mol. The third kappa shape index (κ3) is 3.85. The number of benzene rings is 2. The van der Waals surface area contributed by atoms with Gasteiger partial charge < -0.3 is 10.5 Å². The lowest BCUT2D eigenvalue weighted by Crippen LogP contribution is -2.21. The first-order valence-corrected chi connectivity index (χ1v) is 6.25. The highest BCUT2D eigenvalue weighted by Gasteiger charge is 2.07. The molecule has 3 heteroatoms. The quantitative estimate of drug-likeness (QED) is 0.910. The van der Waals surface area contributed by atoms with Crippen molar-refractivity contribution in [2.45, 2.75) is 19.4 Å². The molecule has 0 aliphatic heterocycles. The summed E-state index contributed by atoms with van der Waals surface area (Å²) in [4.78, 5) is 10.6. The zero-order chi connectivity index (χ0) is 13.7. The van der Waals surface area contributed by atoms with Gasteiger partial charge in [0, 0.05) is 6.42 Å². The Kier molecular flexibility index (Phi) is 4.18. The van der Waals surface area contributed by atoms with Gasteiger partial charge in [0.25, 0.3) is 0 Å². The Morgan fingerprint density at radius 2 is 1.63 bits per heavy atom. The fourth-order valence-corrected chi connectivity index (χ4v) is 2.04. The molecule has 0 aromatic heterocycles. The van der Waals surface area contributed by atoms with Crippen LogP contribution in [0.5, 0.6) is 0 Å². The predicted molar refractivity (Wildman–Crippen MR) is 75.7 cm³/mol. The maximum absolute atomic E-state index is 10.6. The van der Waals surface area contributed by atoms with Gasteiger partial charge in [-0.1, -0.05) is 54.6 Å². The van der Waals surface area contributed by atoms with Gasteiger partial charge >= 0.3 is 6.09 Å². The molecule has 0 aliphatic rings. The monoisotopic (exact) mass is 255 g/mol. The Bertz CT molecular complexity index is 534. The summed E-state index contributed by atoms with van der Waals surface area (Å²) in [6.45, 7) is 1.83. The van der Waals surface area contributed by atoms with Crippen LogP contribution in [0.2, 0.25) is 0 Å². The van der Waals surface area contributed by atoms with E-state index in [9.17, 15) is 4.79 Å². The number of carbonyl (C=O) groups excluding carboxylic acids is 1. The van der Waals surface area contributed by atoms with E-state index in [1.807, 2.05) is 37.3 Å². The summed E-state index contributed by atoms with van der Waals surface area (Å²) in [7, 11) is 0. The van der Waals surface area contributed by atoms with Crippen LogP contribution >= 0.6 is 0 Å². The smallest absolute Gasteiger partial charge is 0.404 e. The minimum atomic E-state index is -0.728. The molecule has 0 saturated carbocycles. The topological polar surface area (TPSA) is 52.3 Å². The van der Waals surface area contributed by atoms with Gasteiger partial charge in [-0.3, -0.25) is 0 Å². The van der Waals surface area contributed by atoms with E-state index in [1.165, 1.54) is 11.1 Å². The molecule has 98 valence electrons. The maximum Gasteiger partial charge on any atom is 0.404 e. The van der Waals surface area contributed by atoms with Crippen molar-refractivity contribution in [2.24, 2.45) is 5.73 Å². The standard InChI is InChI=1S/C16H17NO2/c1-12(19-16(17)18)11-13-7-9-15(10-8-13)14-5-3-2-4-6-14/h2-10,12H,11H2,1H3,(H2,17,18). The second-order valence-corrected chi connectivity index (χ2v) is 4.51. The van der Waals surface area contributed by atoms with Crippen molar-refractivity contribution in [3.63, 3.8) is 0 Å². The van der Waals surface area contributed by atoms with Crippen LogP contribution in [-0.2, 0) is 11.2 Å². The molecule has 2 N–H and O–H groups in total. The highest BCUT2D eigenvalue weighted by atomic mass is 16.6. The van der Waals surface area contributed by atoms with Crippen LogP contribution in [-0.4, -0.2) is 12.2 Å². The number of ether oxygens (including phenoxy) is 1. The highest BCUT2D eigenvalue weighted by molar-refractivity contribution is 5.65. The van der Waals surface area contributed by atoms with E-state index in [0.29, 0.717) is 6.42 Å². The molecular formula is C16H17NO2. The third-order valence-electron chi connectivity index (χ3n) is 2.90. The molecule has 0 saturated heterocycles. The number of rotatable bonds is 4. The van der Waals surface area contributed by atoms with Crippen LogP contribution in [0, 0.1) is 0 Å². The number of hydrogen-bond acceptors (Lipinski definition) is 2. The van der Waals surface area contributed by atoms with Crippen molar-refractivity contribution in [3.8, 4) is 11.1 Å². The molecule has 2 aromatic carbocycles. The van der Waals surface area contributed by atoms with E-state index in [1.54, 1.807) is 0 Å². The Labute approximate surface area is 113 Å². The van der Waals surface area contributed by atoms with Gasteiger partial charge in [-0.15, -0.1) is 0 Å². The number of nitrogens with two attached hydrogens (primary N) is 1. The summed E-state index contributed by atoms with van der Waals surface area (Å²) in [5.41, 5.74) is 8.47. The fraction of sp³-hybridized carbons (Fsp3) is 0.188. The molecule has 1 unspecified atom stereocenters.